The minimum atomic E-state index is -0.297. The molecule has 0 saturated carbocycles. The molecule has 2 heterocycles. The molecule has 7 heteroatoms. The summed E-state index contributed by atoms with van der Waals surface area (Å²) < 4.78 is 11.1. The topological polar surface area (TPSA) is 78.9 Å². The van der Waals surface area contributed by atoms with Gasteiger partial charge in [-0.15, -0.1) is 5.10 Å². The standard InChI is InChI=1S/C11H17N5OS/c1-4-5-16-10(8(17-3)6-13-16)9(12)11-7(2)14-15-18-11/h6,9H,4-5,12H2,1-3H3. The van der Waals surface area contributed by atoms with E-state index < -0.39 is 0 Å². The molecule has 0 spiro atoms. The second kappa shape index (κ2) is 5.45. The van der Waals surface area contributed by atoms with E-state index in [9.17, 15) is 0 Å². The van der Waals surface area contributed by atoms with Gasteiger partial charge in [0, 0.05) is 6.54 Å². The van der Waals surface area contributed by atoms with Gasteiger partial charge < -0.3 is 10.5 Å². The molecule has 2 aromatic heterocycles. The van der Waals surface area contributed by atoms with Crippen LogP contribution in [-0.2, 0) is 6.54 Å². The van der Waals surface area contributed by atoms with Crippen molar-refractivity contribution in [2.45, 2.75) is 32.9 Å². The highest BCUT2D eigenvalue weighted by molar-refractivity contribution is 7.05. The smallest absolute Gasteiger partial charge is 0.161 e. The van der Waals surface area contributed by atoms with E-state index in [0.717, 1.165) is 29.2 Å². The van der Waals surface area contributed by atoms with Crippen LogP contribution in [0.1, 0.15) is 35.7 Å². The number of aryl methyl sites for hydroxylation is 2. The Hall–Kier alpha value is -1.47. The van der Waals surface area contributed by atoms with Crippen molar-refractivity contribution < 1.29 is 4.74 Å². The number of nitrogens with zero attached hydrogens (tertiary/aromatic N) is 4. The number of hydrogen-bond acceptors (Lipinski definition) is 6. The third kappa shape index (κ3) is 2.23. The maximum Gasteiger partial charge on any atom is 0.161 e. The minimum Gasteiger partial charge on any atom is -0.493 e. The lowest BCUT2D eigenvalue weighted by atomic mass is 10.1. The summed E-state index contributed by atoms with van der Waals surface area (Å²) in [6, 6.07) is -0.297. The van der Waals surface area contributed by atoms with Crippen molar-refractivity contribution in [2.24, 2.45) is 5.73 Å². The van der Waals surface area contributed by atoms with Gasteiger partial charge in [0.2, 0.25) is 0 Å². The molecule has 1 atom stereocenters. The molecule has 1 unspecified atom stereocenters. The molecule has 2 N–H and O–H groups in total. The predicted octanol–water partition coefficient (Wildman–Crippen LogP) is 1.51. The van der Waals surface area contributed by atoms with Gasteiger partial charge >= 0.3 is 0 Å². The first-order valence-corrected chi connectivity index (χ1v) is 6.60. The van der Waals surface area contributed by atoms with E-state index in [4.69, 9.17) is 10.5 Å². The minimum absolute atomic E-state index is 0.297. The van der Waals surface area contributed by atoms with Gasteiger partial charge in [-0.05, 0) is 24.9 Å². The Kier molecular flexibility index (Phi) is 3.93. The summed E-state index contributed by atoms with van der Waals surface area (Å²) in [5, 5.41) is 8.31. The summed E-state index contributed by atoms with van der Waals surface area (Å²) in [6.45, 7) is 4.83. The summed E-state index contributed by atoms with van der Waals surface area (Å²) in [6.07, 6.45) is 2.69. The van der Waals surface area contributed by atoms with Crippen LogP contribution < -0.4 is 10.5 Å². The molecular formula is C11H17N5OS. The number of nitrogens with two attached hydrogens (primary N) is 1. The van der Waals surface area contributed by atoms with Gasteiger partial charge in [0.05, 0.1) is 29.9 Å². The maximum absolute atomic E-state index is 6.30. The van der Waals surface area contributed by atoms with Crippen molar-refractivity contribution in [3.63, 3.8) is 0 Å². The van der Waals surface area contributed by atoms with E-state index >= 15 is 0 Å². The van der Waals surface area contributed by atoms with Gasteiger partial charge in [-0.3, -0.25) is 4.68 Å². The van der Waals surface area contributed by atoms with E-state index in [2.05, 4.69) is 21.6 Å². The molecule has 0 fully saturated rings. The van der Waals surface area contributed by atoms with Crippen LogP contribution in [-0.4, -0.2) is 26.5 Å². The van der Waals surface area contributed by atoms with Crippen molar-refractivity contribution in [3.8, 4) is 5.75 Å². The molecule has 0 aliphatic heterocycles. The van der Waals surface area contributed by atoms with E-state index in [1.165, 1.54) is 11.5 Å². The molecule has 0 aliphatic rings. The average molecular weight is 267 g/mol. The maximum atomic E-state index is 6.30. The van der Waals surface area contributed by atoms with Crippen LogP contribution in [0.2, 0.25) is 0 Å². The number of methoxy groups -OCH3 is 1. The Labute approximate surface area is 110 Å². The Morgan fingerprint density at radius 3 is 2.89 bits per heavy atom. The van der Waals surface area contributed by atoms with Crippen molar-refractivity contribution in [1.29, 1.82) is 0 Å². The fourth-order valence-electron chi connectivity index (χ4n) is 1.89. The summed E-state index contributed by atoms with van der Waals surface area (Å²) >= 11 is 1.32. The third-order valence-electron chi connectivity index (χ3n) is 2.76. The molecule has 0 radical (unpaired) electrons. The second-order valence-corrected chi connectivity index (χ2v) is 4.81. The van der Waals surface area contributed by atoms with Gasteiger partial charge in [0.25, 0.3) is 0 Å². The van der Waals surface area contributed by atoms with Gasteiger partial charge in [-0.25, -0.2) is 0 Å². The molecule has 0 bridgehead atoms. The first kappa shape index (κ1) is 13.0. The van der Waals surface area contributed by atoms with Crippen molar-refractivity contribution in [2.75, 3.05) is 7.11 Å². The van der Waals surface area contributed by atoms with Gasteiger partial charge in [-0.1, -0.05) is 11.4 Å². The summed E-state index contributed by atoms with van der Waals surface area (Å²) in [5.74, 6) is 0.712. The van der Waals surface area contributed by atoms with Crippen LogP contribution in [0, 0.1) is 6.92 Å². The van der Waals surface area contributed by atoms with E-state index in [1.807, 2.05) is 11.6 Å². The van der Waals surface area contributed by atoms with Crippen molar-refractivity contribution in [1.82, 2.24) is 19.4 Å². The lowest BCUT2D eigenvalue weighted by Gasteiger charge is -2.14. The van der Waals surface area contributed by atoms with Gasteiger partial charge in [0.1, 0.15) is 5.69 Å². The molecule has 0 aromatic carbocycles. The van der Waals surface area contributed by atoms with E-state index in [-0.39, 0.29) is 6.04 Å². The monoisotopic (exact) mass is 267 g/mol. The van der Waals surface area contributed by atoms with Gasteiger partial charge in [-0.2, -0.15) is 5.10 Å². The predicted molar refractivity (Wildman–Crippen MR) is 69.7 cm³/mol. The number of hydrogen-bond donors (Lipinski definition) is 1. The van der Waals surface area contributed by atoms with Crippen molar-refractivity contribution >= 4 is 11.5 Å². The fraction of sp³-hybridized carbons (Fsp3) is 0.545. The normalized spacial score (nSPS) is 12.7. The van der Waals surface area contributed by atoms with Gasteiger partial charge in [0.15, 0.2) is 5.75 Å². The number of rotatable bonds is 5. The first-order chi connectivity index (χ1) is 8.69. The Bertz CT molecular complexity index is 521. The molecule has 98 valence electrons. The van der Waals surface area contributed by atoms with E-state index in [0.29, 0.717) is 5.75 Å². The molecule has 2 rings (SSSR count). The SMILES string of the molecule is CCCn1ncc(OC)c1C(N)c1snnc1C. The highest BCUT2D eigenvalue weighted by Crippen LogP contribution is 2.31. The average Bonchev–Trinajstić information content (AvgIpc) is 2.95. The lowest BCUT2D eigenvalue weighted by Crippen LogP contribution is -2.18. The largest absolute Gasteiger partial charge is 0.493 e. The highest BCUT2D eigenvalue weighted by Gasteiger charge is 2.23. The van der Waals surface area contributed by atoms with Crippen molar-refractivity contribution in [3.05, 3.63) is 22.5 Å². The van der Waals surface area contributed by atoms with Crippen LogP contribution in [0.3, 0.4) is 0 Å². The summed E-state index contributed by atoms with van der Waals surface area (Å²) in [4.78, 5) is 0.950. The van der Waals surface area contributed by atoms with Crippen LogP contribution in [0.5, 0.6) is 5.75 Å². The molecule has 6 nitrogen and oxygen atoms in total. The van der Waals surface area contributed by atoms with Crippen LogP contribution >= 0.6 is 11.5 Å². The molecule has 2 aromatic rings. The van der Waals surface area contributed by atoms with Crippen LogP contribution in [0.4, 0.5) is 0 Å². The summed E-state index contributed by atoms with van der Waals surface area (Å²) in [5.41, 5.74) is 8.05. The molecule has 0 saturated heterocycles. The first-order valence-electron chi connectivity index (χ1n) is 5.83. The van der Waals surface area contributed by atoms with E-state index in [1.54, 1.807) is 13.3 Å². The fourth-order valence-corrected chi connectivity index (χ4v) is 2.54. The van der Waals surface area contributed by atoms with Crippen LogP contribution in [0.25, 0.3) is 0 Å². The quantitative estimate of drug-likeness (QED) is 0.888. The second-order valence-electron chi connectivity index (χ2n) is 4.02. The number of ether oxygens (including phenoxy) is 1. The Balaban J connectivity index is 2.42. The van der Waals surface area contributed by atoms with Crippen LogP contribution in [0.15, 0.2) is 6.20 Å². The Morgan fingerprint density at radius 2 is 2.33 bits per heavy atom. The molecule has 18 heavy (non-hydrogen) atoms. The molecule has 0 aliphatic carbocycles. The summed E-state index contributed by atoms with van der Waals surface area (Å²) in [7, 11) is 1.63. The number of aromatic nitrogens is 4. The zero-order valence-corrected chi connectivity index (χ0v) is 11.6. The molecule has 0 amide bonds. The Morgan fingerprint density at radius 1 is 1.56 bits per heavy atom. The highest BCUT2D eigenvalue weighted by atomic mass is 32.1. The molecular weight excluding hydrogens is 250 g/mol. The third-order valence-corrected chi connectivity index (χ3v) is 3.67. The zero-order chi connectivity index (χ0) is 13.1. The lowest BCUT2D eigenvalue weighted by molar-refractivity contribution is 0.404. The zero-order valence-electron chi connectivity index (χ0n) is 10.8.